The van der Waals surface area contributed by atoms with E-state index in [-0.39, 0.29) is 24.5 Å². The van der Waals surface area contributed by atoms with Gasteiger partial charge in [0.15, 0.2) is 9.84 Å². The lowest BCUT2D eigenvalue weighted by Gasteiger charge is -2.03. The molecule has 0 saturated carbocycles. The quantitative estimate of drug-likeness (QED) is 0.826. The van der Waals surface area contributed by atoms with E-state index in [4.69, 9.17) is 10.4 Å². The first-order chi connectivity index (χ1) is 7.57. The predicted octanol–water partition coefficient (Wildman–Crippen LogP) is 0.855. The minimum Gasteiger partial charge on any atom is -0.396 e. The average Bonchev–Trinajstić information content (AvgIpc) is 2.26. The third-order valence-corrected chi connectivity index (χ3v) is 3.74. The third kappa shape index (κ3) is 4.01. The fraction of sp³-hybridized carbons (Fsp3) is 0.364. The van der Waals surface area contributed by atoms with Gasteiger partial charge in [-0.1, -0.05) is 12.1 Å². The number of benzene rings is 1. The van der Waals surface area contributed by atoms with E-state index in [0.717, 1.165) is 0 Å². The molecule has 0 fully saturated rings. The zero-order valence-corrected chi connectivity index (χ0v) is 9.57. The highest BCUT2D eigenvalue weighted by Crippen LogP contribution is 2.09. The molecule has 1 aromatic carbocycles. The van der Waals surface area contributed by atoms with Crippen LogP contribution in [-0.4, -0.2) is 25.9 Å². The van der Waals surface area contributed by atoms with Crippen molar-refractivity contribution in [3.05, 3.63) is 35.4 Å². The van der Waals surface area contributed by atoms with E-state index in [2.05, 4.69) is 0 Å². The van der Waals surface area contributed by atoms with Crippen LogP contribution in [0.1, 0.15) is 17.5 Å². The highest BCUT2D eigenvalue weighted by atomic mass is 32.2. The fourth-order valence-corrected chi connectivity index (χ4v) is 2.74. The lowest BCUT2D eigenvalue weighted by molar-refractivity contribution is 0.295. The molecule has 0 saturated heterocycles. The summed E-state index contributed by atoms with van der Waals surface area (Å²) in [7, 11) is -3.19. The molecule has 0 aliphatic heterocycles. The highest BCUT2D eigenvalue weighted by Gasteiger charge is 2.11. The Bertz CT molecular complexity index is 488. The molecule has 0 radical (unpaired) electrons. The van der Waals surface area contributed by atoms with Crippen LogP contribution in [0, 0.1) is 11.3 Å². The van der Waals surface area contributed by atoms with Gasteiger partial charge in [-0.3, -0.25) is 0 Å². The maximum atomic E-state index is 11.6. The molecule has 5 heteroatoms. The van der Waals surface area contributed by atoms with Crippen molar-refractivity contribution in [3.63, 3.8) is 0 Å². The zero-order valence-electron chi connectivity index (χ0n) is 8.76. The van der Waals surface area contributed by atoms with Gasteiger partial charge in [-0.15, -0.1) is 0 Å². The van der Waals surface area contributed by atoms with Gasteiger partial charge in [0.25, 0.3) is 0 Å². The number of sulfone groups is 1. The zero-order chi connectivity index (χ0) is 12.0. The van der Waals surface area contributed by atoms with E-state index in [1.807, 2.05) is 6.07 Å². The van der Waals surface area contributed by atoms with E-state index < -0.39 is 9.84 Å². The molecule has 1 aromatic rings. The molecule has 1 N–H and O–H groups in total. The summed E-state index contributed by atoms with van der Waals surface area (Å²) in [5, 5.41) is 17.2. The predicted molar refractivity (Wildman–Crippen MR) is 60.4 cm³/mol. The van der Waals surface area contributed by atoms with Gasteiger partial charge in [-0.2, -0.15) is 5.26 Å². The molecule has 0 aliphatic rings. The number of hydrogen-bond acceptors (Lipinski definition) is 4. The Morgan fingerprint density at radius 2 is 2.12 bits per heavy atom. The summed E-state index contributed by atoms with van der Waals surface area (Å²) in [6.45, 7) is -0.128. The van der Waals surface area contributed by atoms with Crippen molar-refractivity contribution in [3.8, 4) is 6.07 Å². The molecule has 0 atom stereocenters. The molecule has 0 spiro atoms. The van der Waals surface area contributed by atoms with Crippen LogP contribution < -0.4 is 0 Å². The number of nitriles is 1. The lowest BCUT2D eigenvalue weighted by atomic mass is 10.2. The normalized spacial score (nSPS) is 11.0. The summed E-state index contributed by atoms with van der Waals surface area (Å²) in [6, 6.07) is 8.50. The van der Waals surface area contributed by atoms with Gasteiger partial charge in [0.1, 0.15) is 0 Å². The second kappa shape index (κ2) is 5.64. The van der Waals surface area contributed by atoms with E-state index in [1.54, 1.807) is 24.3 Å². The van der Waals surface area contributed by atoms with Crippen molar-refractivity contribution < 1.29 is 13.5 Å². The first-order valence-electron chi connectivity index (χ1n) is 4.88. The van der Waals surface area contributed by atoms with Gasteiger partial charge in [0, 0.05) is 6.61 Å². The smallest absolute Gasteiger partial charge is 0.154 e. The van der Waals surface area contributed by atoms with Gasteiger partial charge in [-0.05, 0) is 24.1 Å². The molecule has 16 heavy (non-hydrogen) atoms. The topological polar surface area (TPSA) is 78.2 Å². The maximum Gasteiger partial charge on any atom is 0.154 e. The summed E-state index contributed by atoms with van der Waals surface area (Å²) in [5.41, 5.74) is 1.06. The summed E-state index contributed by atoms with van der Waals surface area (Å²) in [6.07, 6.45) is 0.250. The van der Waals surface area contributed by atoms with E-state index in [1.165, 1.54) is 0 Å². The Kier molecular flexibility index (Phi) is 4.47. The number of hydrogen-bond donors (Lipinski definition) is 1. The largest absolute Gasteiger partial charge is 0.396 e. The highest BCUT2D eigenvalue weighted by molar-refractivity contribution is 7.90. The summed E-state index contributed by atoms with van der Waals surface area (Å²) < 4.78 is 23.1. The Hall–Kier alpha value is -1.38. The molecule has 0 aromatic heterocycles. The molecule has 0 heterocycles. The summed E-state index contributed by atoms with van der Waals surface area (Å²) >= 11 is 0. The van der Waals surface area contributed by atoms with E-state index >= 15 is 0 Å². The Morgan fingerprint density at radius 3 is 2.75 bits per heavy atom. The van der Waals surface area contributed by atoms with Gasteiger partial charge < -0.3 is 5.11 Å². The van der Waals surface area contributed by atoms with Crippen molar-refractivity contribution >= 4 is 9.84 Å². The van der Waals surface area contributed by atoms with E-state index in [0.29, 0.717) is 11.1 Å². The molecule has 0 amide bonds. The van der Waals surface area contributed by atoms with Crippen LogP contribution in [0.2, 0.25) is 0 Å². The number of nitrogens with zero attached hydrogens (tertiary/aromatic N) is 1. The van der Waals surface area contributed by atoms with Crippen molar-refractivity contribution in [1.82, 2.24) is 0 Å². The minimum absolute atomic E-state index is 0.0275. The summed E-state index contributed by atoms with van der Waals surface area (Å²) in [4.78, 5) is 0. The SMILES string of the molecule is N#Cc1cccc(CS(=O)(=O)CCCO)c1. The second-order valence-corrected chi connectivity index (χ2v) is 5.67. The Balaban J connectivity index is 2.77. The minimum atomic E-state index is -3.19. The number of aliphatic hydroxyl groups is 1. The van der Waals surface area contributed by atoms with Crippen LogP contribution in [0.4, 0.5) is 0 Å². The van der Waals surface area contributed by atoms with E-state index in [9.17, 15) is 8.42 Å². The van der Waals surface area contributed by atoms with Crippen molar-refractivity contribution in [2.45, 2.75) is 12.2 Å². The molecule has 1 rings (SSSR count). The van der Waals surface area contributed by atoms with Crippen LogP contribution in [-0.2, 0) is 15.6 Å². The maximum absolute atomic E-state index is 11.6. The second-order valence-electron chi connectivity index (χ2n) is 3.48. The molecule has 4 nitrogen and oxygen atoms in total. The van der Waals surface area contributed by atoms with Crippen LogP contribution in [0.25, 0.3) is 0 Å². The van der Waals surface area contributed by atoms with Crippen molar-refractivity contribution in [1.29, 1.82) is 5.26 Å². The molecule has 0 bridgehead atoms. The van der Waals surface area contributed by atoms with Gasteiger partial charge >= 0.3 is 0 Å². The van der Waals surface area contributed by atoms with Gasteiger partial charge in [-0.25, -0.2) is 8.42 Å². The third-order valence-electron chi connectivity index (χ3n) is 2.06. The Labute approximate surface area is 95.1 Å². The van der Waals surface area contributed by atoms with Crippen molar-refractivity contribution in [2.24, 2.45) is 0 Å². The van der Waals surface area contributed by atoms with Crippen LogP contribution >= 0.6 is 0 Å². The summed E-state index contributed by atoms with van der Waals surface area (Å²) in [5.74, 6) is -0.108. The molecular formula is C11H13NO3S. The molecule has 86 valence electrons. The van der Waals surface area contributed by atoms with Crippen LogP contribution in [0.5, 0.6) is 0 Å². The lowest BCUT2D eigenvalue weighted by Crippen LogP contribution is -2.10. The average molecular weight is 239 g/mol. The first-order valence-corrected chi connectivity index (χ1v) is 6.70. The fourth-order valence-electron chi connectivity index (χ4n) is 1.34. The molecule has 0 aliphatic carbocycles. The molecule has 0 unspecified atom stereocenters. The van der Waals surface area contributed by atoms with Crippen LogP contribution in [0.15, 0.2) is 24.3 Å². The number of rotatable bonds is 5. The first kappa shape index (κ1) is 12.7. The van der Waals surface area contributed by atoms with Crippen LogP contribution in [0.3, 0.4) is 0 Å². The van der Waals surface area contributed by atoms with Gasteiger partial charge in [0.2, 0.25) is 0 Å². The molecular weight excluding hydrogens is 226 g/mol. The Morgan fingerprint density at radius 1 is 1.38 bits per heavy atom. The monoisotopic (exact) mass is 239 g/mol. The number of aliphatic hydroxyl groups excluding tert-OH is 1. The van der Waals surface area contributed by atoms with Crippen molar-refractivity contribution in [2.75, 3.05) is 12.4 Å². The standard InChI is InChI=1S/C11H13NO3S/c12-8-10-3-1-4-11(7-10)9-16(14,15)6-2-5-13/h1,3-4,7,13H,2,5-6,9H2. The van der Waals surface area contributed by atoms with Gasteiger partial charge in [0.05, 0.1) is 23.1 Å².